The zero-order chi connectivity index (χ0) is 29.6. The van der Waals surface area contributed by atoms with Crippen molar-refractivity contribution in [2.75, 3.05) is 0 Å². The van der Waals surface area contributed by atoms with Crippen molar-refractivity contribution in [1.82, 2.24) is 0 Å². The molecule has 0 heteroatoms. The van der Waals surface area contributed by atoms with Crippen LogP contribution in [0.25, 0.3) is 11.1 Å². The van der Waals surface area contributed by atoms with E-state index in [-0.39, 0.29) is 10.8 Å². The first-order chi connectivity index (χ1) is 19.9. The van der Waals surface area contributed by atoms with Crippen LogP contribution in [-0.4, -0.2) is 0 Å². The Morgan fingerprint density at radius 3 is 1.05 bits per heavy atom. The van der Waals surface area contributed by atoms with Crippen LogP contribution >= 0.6 is 0 Å². The lowest BCUT2D eigenvalue weighted by Gasteiger charge is -2.19. The quantitative estimate of drug-likeness (QED) is 0.204. The van der Waals surface area contributed by atoms with Crippen LogP contribution in [0.15, 0.2) is 97.1 Å². The largest absolute Gasteiger partial charge is 0.0587 e. The van der Waals surface area contributed by atoms with Crippen molar-refractivity contribution >= 4 is 11.1 Å². The lowest BCUT2D eigenvalue weighted by molar-refractivity contribution is 0.589. The number of fused-ring (bicyclic) bond motifs is 4. The zero-order valence-electron chi connectivity index (χ0n) is 26.2. The highest BCUT2D eigenvalue weighted by molar-refractivity contribution is 5.87. The second kappa shape index (κ2) is 9.17. The normalized spacial score (nSPS) is 13.6. The van der Waals surface area contributed by atoms with Crippen molar-refractivity contribution in [2.24, 2.45) is 0 Å². The molecule has 0 atom stereocenters. The van der Waals surface area contributed by atoms with Gasteiger partial charge in [-0.2, -0.15) is 0 Å². The molecule has 0 nitrogen and oxygen atoms in total. The molecule has 208 valence electrons. The topological polar surface area (TPSA) is 0 Å². The number of rotatable bonds is 2. The Bertz CT molecular complexity index is 2070. The van der Waals surface area contributed by atoms with Crippen LogP contribution in [0, 0.1) is 34.7 Å². The van der Waals surface area contributed by atoms with Gasteiger partial charge in [0.2, 0.25) is 0 Å². The highest BCUT2D eigenvalue weighted by Crippen LogP contribution is 2.34. The van der Waals surface area contributed by atoms with E-state index in [4.69, 9.17) is 0 Å². The molecular formula is C42H40. The van der Waals surface area contributed by atoms with Crippen molar-refractivity contribution in [2.45, 2.75) is 66.2 Å². The summed E-state index contributed by atoms with van der Waals surface area (Å²) in [6.07, 6.45) is 0. The number of hydrogen-bond donors (Lipinski definition) is 0. The first-order valence-corrected chi connectivity index (χ1v) is 15.3. The van der Waals surface area contributed by atoms with E-state index in [0.717, 1.165) is 0 Å². The third-order valence-corrected chi connectivity index (χ3v) is 9.27. The smallest absolute Gasteiger partial charge is 0.00260 e. The average molecular weight is 545 g/mol. The molecule has 0 bridgehead atoms. The molecule has 0 radical (unpaired) electrons. The first-order valence-electron chi connectivity index (χ1n) is 15.3. The molecule has 5 aromatic rings. The molecule has 42 heavy (non-hydrogen) atoms. The van der Waals surface area contributed by atoms with E-state index in [0.29, 0.717) is 0 Å². The second-order valence-corrected chi connectivity index (χ2v) is 14.4. The Morgan fingerprint density at radius 2 is 0.714 bits per heavy atom. The van der Waals surface area contributed by atoms with E-state index < -0.39 is 0 Å². The first kappa shape index (κ1) is 26.7. The van der Waals surface area contributed by atoms with E-state index in [1.54, 1.807) is 0 Å². The maximum Gasteiger partial charge on any atom is -0.00260 e. The highest BCUT2D eigenvalue weighted by atomic mass is 14.3. The lowest BCUT2D eigenvalue weighted by Crippen LogP contribution is -2.16. The van der Waals surface area contributed by atoms with Crippen LogP contribution in [0.4, 0.5) is 0 Å². The van der Waals surface area contributed by atoms with Gasteiger partial charge in [-0.15, -0.1) is 0 Å². The molecule has 2 aliphatic carbocycles. The minimum atomic E-state index is 0.0834. The molecule has 0 saturated heterocycles. The summed E-state index contributed by atoms with van der Waals surface area (Å²) in [6.45, 7) is 18.2. The Balaban J connectivity index is 1.62. The molecule has 0 unspecified atom stereocenters. The highest BCUT2D eigenvalue weighted by Gasteiger charge is 2.23. The SMILES string of the molecule is Cc1ccc(C2=c3cc(C(C)(C)C)ccc3=c3cc4c(cc32)=c2ccc(C(C)(C)C)cc2=C4c2ccc(C)cc2)cc1. The monoisotopic (exact) mass is 544 g/mol. The fourth-order valence-electron chi connectivity index (χ4n) is 6.72. The third-order valence-electron chi connectivity index (χ3n) is 9.27. The molecule has 0 saturated carbocycles. The average Bonchev–Trinajstić information content (AvgIpc) is 3.43. The standard InChI is InChI=1S/C42H40/c1-25-9-13-27(14-10-25)39-35-21-29(41(3,4)5)17-19-31(35)33-24-38-34(23-37(33)39)32-20-18-30(42(6,7)8)22-36(32)40(38)28-15-11-26(2)12-16-28/h9-24H,1-8H3. The van der Waals surface area contributed by atoms with E-state index in [1.165, 1.54) is 87.0 Å². The molecule has 0 spiro atoms. The van der Waals surface area contributed by atoms with Gasteiger partial charge < -0.3 is 0 Å². The lowest BCUT2D eigenvalue weighted by atomic mass is 9.86. The van der Waals surface area contributed by atoms with Crippen LogP contribution in [0.1, 0.15) is 86.1 Å². The maximum atomic E-state index is 2.49. The van der Waals surface area contributed by atoms with E-state index >= 15 is 0 Å². The van der Waals surface area contributed by atoms with Gasteiger partial charge in [0.1, 0.15) is 0 Å². The van der Waals surface area contributed by atoms with Gasteiger partial charge in [-0.3, -0.25) is 0 Å². The fourth-order valence-corrected chi connectivity index (χ4v) is 6.72. The van der Waals surface area contributed by atoms with Crippen LogP contribution in [0.2, 0.25) is 0 Å². The maximum absolute atomic E-state index is 2.49. The molecule has 0 N–H and O–H groups in total. The van der Waals surface area contributed by atoms with Crippen molar-refractivity contribution in [3.63, 3.8) is 0 Å². The summed E-state index contributed by atoms with van der Waals surface area (Å²) >= 11 is 0. The van der Waals surface area contributed by atoms with Crippen molar-refractivity contribution in [3.05, 3.63) is 173 Å². The minimum Gasteiger partial charge on any atom is -0.0587 e. The molecular weight excluding hydrogens is 504 g/mol. The summed E-state index contributed by atoms with van der Waals surface area (Å²) in [5.74, 6) is 0. The molecule has 0 fully saturated rings. The van der Waals surface area contributed by atoms with Gasteiger partial charge in [-0.05, 0) is 125 Å². The van der Waals surface area contributed by atoms with Gasteiger partial charge in [0.15, 0.2) is 0 Å². The van der Waals surface area contributed by atoms with Crippen LogP contribution in [0.5, 0.6) is 0 Å². The summed E-state index contributed by atoms with van der Waals surface area (Å²) in [6, 6.07) is 37.5. The Labute approximate surface area is 249 Å². The summed E-state index contributed by atoms with van der Waals surface area (Å²) in [7, 11) is 0. The van der Waals surface area contributed by atoms with Crippen LogP contribution in [-0.2, 0) is 10.8 Å². The molecule has 0 amide bonds. The van der Waals surface area contributed by atoms with Gasteiger partial charge in [0.05, 0.1) is 0 Å². The minimum absolute atomic E-state index is 0.0834. The summed E-state index contributed by atoms with van der Waals surface area (Å²) in [4.78, 5) is 0. The van der Waals surface area contributed by atoms with E-state index in [9.17, 15) is 0 Å². The van der Waals surface area contributed by atoms with Crippen molar-refractivity contribution in [1.29, 1.82) is 0 Å². The van der Waals surface area contributed by atoms with Crippen molar-refractivity contribution < 1.29 is 0 Å². The van der Waals surface area contributed by atoms with Gasteiger partial charge in [0, 0.05) is 0 Å². The van der Waals surface area contributed by atoms with Gasteiger partial charge >= 0.3 is 0 Å². The fraction of sp³-hybridized carbons (Fsp3) is 0.238. The Morgan fingerprint density at radius 1 is 0.357 bits per heavy atom. The third kappa shape index (κ3) is 4.19. The number of aryl methyl sites for hydroxylation is 2. The predicted molar refractivity (Wildman–Crippen MR) is 177 cm³/mol. The molecule has 0 aromatic heterocycles. The van der Waals surface area contributed by atoms with Gasteiger partial charge in [-0.1, -0.05) is 125 Å². The van der Waals surface area contributed by atoms with Gasteiger partial charge in [0.25, 0.3) is 0 Å². The molecule has 7 rings (SSSR count). The molecule has 0 heterocycles. The number of benzene rings is 5. The Kier molecular flexibility index (Phi) is 5.83. The summed E-state index contributed by atoms with van der Waals surface area (Å²) < 4.78 is 0. The van der Waals surface area contributed by atoms with E-state index in [2.05, 4.69) is 152 Å². The molecule has 5 aromatic carbocycles. The second-order valence-electron chi connectivity index (χ2n) is 14.4. The van der Waals surface area contributed by atoms with Gasteiger partial charge in [-0.25, -0.2) is 0 Å². The summed E-state index contributed by atoms with van der Waals surface area (Å²) in [5.41, 5.74) is 13.5. The van der Waals surface area contributed by atoms with Crippen LogP contribution in [0.3, 0.4) is 0 Å². The Hall–Kier alpha value is -4.16. The summed E-state index contributed by atoms with van der Waals surface area (Å²) in [5, 5.41) is 8.06. The van der Waals surface area contributed by atoms with Crippen LogP contribution < -0.4 is 10.4 Å². The number of hydrogen-bond acceptors (Lipinski definition) is 0. The molecule has 0 aliphatic heterocycles. The van der Waals surface area contributed by atoms with Crippen molar-refractivity contribution in [3.8, 4) is 0 Å². The van der Waals surface area contributed by atoms with E-state index in [1.807, 2.05) is 0 Å². The zero-order valence-corrected chi connectivity index (χ0v) is 26.2. The predicted octanol–water partition coefficient (Wildman–Crippen LogP) is 8.59. The molecule has 2 aliphatic rings.